The molecule has 2 rings (SSSR count). The van der Waals surface area contributed by atoms with Crippen LogP contribution in [0.2, 0.25) is 10.2 Å². The van der Waals surface area contributed by atoms with Gasteiger partial charge in [-0.3, -0.25) is 4.90 Å². The predicted molar refractivity (Wildman–Crippen MR) is 82.0 cm³/mol. The third-order valence-electron chi connectivity index (χ3n) is 2.99. The standard InChI is InChI=1S/C15H16Cl2N2O/c1-19(9-11-6-7-15(17)18-8-11)10-14(20)12-4-2-3-5-13(12)16/h2-8,14,20H,9-10H2,1H3. The SMILES string of the molecule is CN(Cc1ccc(Cl)nc1)CC(O)c1ccccc1Cl. The smallest absolute Gasteiger partial charge is 0.129 e. The van der Waals surface area contributed by atoms with E-state index in [4.69, 9.17) is 23.2 Å². The van der Waals surface area contributed by atoms with E-state index in [-0.39, 0.29) is 0 Å². The van der Waals surface area contributed by atoms with Gasteiger partial charge < -0.3 is 5.11 Å². The number of aliphatic hydroxyl groups excluding tert-OH is 1. The summed E-state index contributed by atoms with van der Waals surface area (Å²) >= 11 is 11.8. The van der Waals surface area contributed by atoms with Crippen LogP contribution in [0.25, 0.3) is 0 Å². The fourth-order valence-corrected chi connectivity index (χ4v) is 2.39. The van der Waals surface area contributed by atoms with Crippen molar-refractivity contribution < 1.29 is 5.11 Å². The van der Waals surface area contributed by atoms with E-state index < -0.39 is 6.10 Å². The minimum Gasteiger partial charge on any atom is -0.387 e. The van der Waals surface area contributed by atoms with E-state index in [0.717, 1.165) is 11.1 Å². The molecule has 0 saturated carbocycles. The summed E-state index contributed by atoms with van der Waals surface area (Å²) in [6, 6.07) is 11.0. The predicted octanol–water partition coefficient (Wildman–Crippen LogP) is 3.55. The van der Waals surface area contributed by atoms with E-state index in [1.54, 1.807) is 18.3 Å². The molecule has 0 saturated heterocycles. The molecule has 3 nitrogen and oxygen atoms in total. The van der Waals surface area contributed by atoms with Gasteiger partial charge in [0.2, 0.25) is 0 Å². The van der Waals surface area contributed by atoms with Crippen molar-refractivity contribution >= 4 is 23.2 Å². The molecule has 106 valence electrons. The number of hydrogen-bond donors (Lipinski definition) is 1. The average molecular weight is 311 g/mol. The molecular weight excluding hydrogens is 295 g/mol. The first-order valence-corrected chi connectivity index (χ1v) is 7.03. The molecule has 0 radical (unpaired) electrons. The molecule has 20 heavy (non-hydrogen) atoms. The lowest BCUT2D eigenvalue weighted by atomic mass is 10.1. The van der Waals surface area contributed by atoms with Gasteiger partial charge in [0.05, 0.1) is 6.10 Å². The second-order valence-electron chi connectivity index (χ2n) is 4.72. The van der Waals surface area contributed by atoms with Crippen molar-refractivity contribution in [2.75, 3.05) is 13.6 Å². The van der Waals surface area contributed by atoms with Crippen LogP contribution < -0.4 is 0 Å². The summed E-state index contributed by atoms with van der Waals surface area (Å²) in [6.45, 7) is 1.18. The number of likely N-dealkylation sites (N-methyl/N-ethyl adjacent to an activating group) is 1. The van der Waals surface area contributed by atoms with Crippen LogP contribution in [0, 0.1) is 0 Å². The number of aliphatic hydroxyl groups is 1. The second-order valence-corrected chi connectivity index (χ2v) is 5.52. The fourth-order valence-electron chi connectivity index (χ4n) is 2.02. The highest BCUT2D eigenvalue weighted by Crippen LogP contribution is 2.23. The summed E-state index contributed by atoms with van der Waals surface area (Å²) in [5.41, 5.74) is 1.79. The van der Waals surface area contributed by atoms with Crippen molar-refractivity contribution in [1.29, 1.82) is 0 Å². The molecule has 0 amide bonds. The van der Waals surface area contributed by atoms with Gasteiger partial charge >= 0.3 is 0 Å². The Labute approximate surface area is 128 Å². The van der Waals surface area contributed by atoms with Crippen molar-refractivity contribution in [2.24, 2.45) is 0 Å². The van der Waals surface area contributed by atoms with E-state index in [2.05, 4.69) is 4.98 Å². The number of rotatable bonds is 5. The maximum Gasteiger partial charge on any atom is 0.129 e. The molecule has 0 aliphatic carbocycles. The molecule has 1 aromatic carbocycles. The number of benzene rings is 1. The number of aromatic nitrogens is 1. The Hall–Kier alpha value is -1.13. The van der Waals surface area contributed by atoms with Crippen LogP contribution in [0.5, 0.6) is 0 Å². The highest BCUT2D eigenvalue weighted by Gasteiger charge is 2.13. The monoisotopic (exact) mass is 310 g/mol. The molecule has 1 unspecified atom stereocenters. The number of pyridine rings is 1. The van der Waals surface area contributed by atoms with Crippen LogP contribution in [0.15, 0.2) is 42.6 Å². The molecule has 0 bridgehead atoms. The largest absolute Gasteiger partial charge is 0.387 e. The first-order valence-electron chi connectivity index (χ1n) is 6.27. The van der Waals surface area contributed by atoms with Gasteiger partial charge in [0.1, 0.15) is 5.15 Å². The highest BCUT2D eigenvalue weighted by molar-refractivity contribution is 6.31. The normalized spacial score (nSPS) is 12.7. The van der Waals surface area contributed by atoms with Crippen molar-refractivity contribution in [3.8, 4) is 0 Å². The minimum absolute atomic E-state index is 0.479. The van der Waals surface area contributed by atoms with Crippen molar-refractivity contribution in [3.05, 3.63) is 63.9 Å². The summed E-state index contributed by atoms with van der Waals surface area (Å²) in [5, 5.41) is 11.3. The van der Waals surface area contributed by atoms with E-state index in [1.165, 1.54) is 0 Å². The molecule has 2 aromatic rings. The molecule has 0 spiro atoms. The van der Waals surface area contributed by atoms with Crippen LogP contribution >= 0.6 is 23.2 Å². The number of halogens is 2. The molecule has 0 fully saturated rings. The summed E-state index contributed by atoms with van der Waals surface area (Å²) in [4.78, 5) is 6.05. The Morgan fingerprint density at radius 3 is 2.60 bits per heavy atom. The fraction of sp³-hybridized carbons (Fsp3) is 0.267. The van der Waals surface area contributed by atoms with Gasteiger partial charge in [-0.15, -0.1) is 0 Å². The Kier molecular flexibility index (Phi) is 5.38. The maximum atomic E-state index is 10.2. The molecule has 1 N–H and O–H groups in total. The quantitative estimate of drug-likeness (QED) is 0.858. The van der Waals surface area contributed by atoms with Crippen LogP contribution in [0.3, 0.4) is 0 Å². The van der Waals surface area contributed by atoms with Gasteiger partial charge in [0, 0.05) is 29.9 Å². The molecule has 0 aliphatic heterocycles. The van der Waals surface area contributed by atoms with Gasteiger partial charge in [-0.25, -0.2) is 4.98 Å². The zero-order chi connectivity index (χ0) is 14.5. The summed E-state index contributed by atoms with van der Waals surface area (Å²) in [7, 11) is 1.94. The number of nitrogens with zero attached hydrogens (tertiary/aromatic N) is 2. The van der Waals surface area contributed by atoms with E-state index in [0.29, 0.717) is 23.3 Å². The van der Waals surface area contributed by atoms with Crippen molar-refractivity contribution in [1.82, 2.24) is 9.88 Å². The third kappa shape index (κ3) is 4.18. The Morgan fingerprint density at radius 2 is 1.95 bits per heavy atom. The van der Waals surface area contributed by atoms with Crippen LogP contribution in [0.1, 0.15) is 17.2 Å². The summed E-state index contributed by atoms with van der Waals surface area (Å²) in [5.74, 6) is 0. The first-order chi connectivity index (χ1) is 9.56. The maximum absolute atomic E-state index is 10.2. The lowest BCUT2D eigenvalue weighted by Crippen LogP contribution is -2.24. The van der Waals surface area contributed by atoms with Crippen molar-refractivity contribution in [2.45, 2.75) is 12.6 Å². The Morgan fingerprint density at radius 1 is 1.20 bits per heavy atom. The van der Waals surface area contributed by atoms with E-state index in [1.807, 2.05) is 36.2 Å². The topological polar surface area (TPSA) is 36.4 Å². The molecular formula is C15H16Cl2N2O. The van der Waals surface area contributed by atoms with E-state index in [9.17, 15) is 5.11 Å². The first kappa shape index (κ1) is 15.3. The lowest BCUT2D eigenvalue weighted by molar-refractivity contribution is 0.124. The average Bonchev–Trinajstić information content (AvgIpc) is 2.41. The highest BCUT2D eigenvalue weighted by atomic mass is 35.5. The molecule has 0 aliphatic rings. The van der Waals surface area contributed by atoms with Crippen LogP contribution in [-0.2, 0) is 6.54 Å². The zero-order valence-corrected chi connectivity index (χ0v) is 12.6. The molecule has 1 atom stereocenters. The van der Waals surface area contributed by atoms with Gasteiger partial charge in [-0.05, 0) is 24.7 Å². The Bertz CT molecular complexity index is 560. The number of hydrogen-bond acceptors (Lipinski definition) is 3. The molecule has 1 aromatic heterocycles. The van der Waals surface area contributed by atoms with Crippen LogP contribution in [-0.4, -0.2) is 28.6 Å². The lowest BCUT2D eigenvalue weighted by Gasteiger charge is -2.21. The van der Waals surface area contributed by atoms with Gasteiger partial charge in [0.25, 0.3) is 0 Å². The van der Waals surface area contributed by atoms with Crippen molar-refractivity contribution in [3.63, 3.8) is 0 Å². The summed E-state index contributed by atoms with van der Waals surface area (Å²) in [6.07, 6.45) is 1.12. The zero-order valence-electron chi connectivity index (χ0n) is 11.1. The third-order valence-corrected chi connectivity index (χ3v) is 3.56. The van der Waals surface area contributed by atoms with Gasteiger partial charge in [-0.1, -0.05) is 47.5 Å². The molecule has 1 heterocycles. The molecule has 5 heteroatoms. The minimum atomic E-state index is -0.617. The van der Waals surface area contributed by atoms with Gasteiger partial charge in [-0.2, -0.15) is 0 Å². The van der Waals surface area contributed by atoms with Gasteiger partial charge in [0.15, 0.2) is 0 Å². The van der Waals surface area contributed by atoms with E-state index >= 15 is 0 Å². The van der Waals surface area contributed by atoms with Crippen LogP contribution in [0.4, 0.5) is 0 Å². The Balaban J connectivity index is 1.96. The summed E-state index contributed by atoms with van der Waals surface area (Å²) < 4.78 is 0. The second kappa shape index (κ2) is 7.04.